The second kappa shape index (κ2) is 8.42. The molecule has 0 N–H and O–H groups in total. The van der Waals surface area contributed by atoms with E-state index in [9.17, 15) is 4.39 Å². The minimum Gasteiger partial charge on any atom is -0.381 e. The van der Waals surface area contributed by atoms with Gasteiger partial charge in [0.1, 0.15) is 0 Å². The van der Waals surface area contributed by atoms with Crippen LogP contribution in [0.3, 0.4) is 0 Å². The third-order valence-corrected chi connectivity index (χ3v) is 2.30. The third kappa shape index (κ3) is 6.24. The summed E-state index contributed by atoms with van der Waals surface area (Å²) in [5.41, 5.74) is 1.31. The molecule has 15 heavy (non-hydrogen) atoms. The van der Waals surface area contributed by atoms with E-state index < -0.39 is 0 Å². The van der Waals surface area contributed by atoms with E-state index in [1.807, 2.05) is 18.2 Å². The Balaban J connectivity index is 1.93. The van der Waals surface area contributed by atoms with Crippen molar-refractivity contribution in [1.29, 1.82) is 0 Å². The summed E-state index contributed by atoms with van der Waals surface area (Å²) in [5.74, 6) is 0. The summed E-state index contributed by atoms with van der Waals surface area (Å²) in [5, 5.41) is 0. The van der Waals surface area contributed by atoms with Crippen molar-refractivity contribution < 1.29 is 9.13 Å². The Kier molecular flexibility index (Phi) is 6.84. The van der Waals surface area contributed by atoms with Gasteiger partial charge in [0, 0.05) is 6.61 Å². The lowest BCUT2D eigenvalue weighted by molar-refractivity contribution is 0.132. The monoisotopic (exact) mass is 210 g/mol. The highest BCUT2D eigenvalue weighted by molar-refractivity contribution is 5.14. The van der Waals surface area contributed by atoms with Gasteiger partial charge in [0.05, 0.1) is 13.3 Å². The first-order chi connectivity index (χ1) is 7.43. The van der Waals surface area contributed by atoms with Crippen molar-refractivity contribution in [2.45, 2.75) is 25.7 Å². The van der Waals surface area contributed by atoms with Crippen LogP contribution in [0.4, 0.5) is 4.39 Å². The van der Waals surface area contributed by atoms with Crippen LogP contribution in [0.15, 0.2) is 30.3 Å². The summed E-state index contributed by atoms with van der Waals surface area (Å²) in [6.07, 6.45) is 3.53. The normalized spacial score (nSPS) is 10.5. The summed E-state index contributed by atoms with van der Waals surface area (Å²) < 4.78 is 17.2. The van der Waals surface area contributed by atoms with Gasteiger partial charge >= 0.3 is 0 Å². The van der Waals surface area contributed by atoms with Crippen LogP contribution in [-0.2, 0) is 11.2 Å². The standard InChI is InChI=1S/C13H19FO/c14-10-5-2-6-11-15-12-9-13-7-3-1-4-8-13/h1,3-4,7-8H,2,5-6,9-12H2. The van der Waals surface area contributed by atoms with E-state index in [1.54, 1.807) is 0 Å². The number of hydrogen-bond donors (Lipinski definition) is 0. The summed E-state index contributed by atoms with van der Waals surface area (Å²) in [6.45, 7) is 1.32. The molecule has 1 aromatic carbocycles. The number of ether oxygens (including phenoxy) is 1. The van der Waals surface area contributed by atoms with E-state index in [0.717, 1.165) is 32.5 Å². The van der Waals surface area contributed by atoms with Crippen LogP contribution in [0.25, 0.3) is 0 Å². The van der Waals surface area contributed by atoms with Crippen LogP contribution in [0.2, 0.25) is 0 Å². The summed E-state index contributed by atoms with van der Waals surface area (Å²) in [7, 11) is 0. The van der Waals surface area contributed by atoms with E-state index in [-0.39, 0.29) is 6.67 Å². The first-order valence-corrected chi connectivity index (χ1v) is 5.61. The molecule has 0 amide bonds. The van der Waals surface area contributed by atoms with Gasteiger partial charge in [-0.25, -0.2) is 0 Å². The first kappa shape index (κ1) is 12.2. The Morgan fingerprint density at radius 2 is 1.73 bits per heavy atom. The Bertz CT molecular complexity index is 236. The van der Waals surface area contributed by atoms with Crippen LogP contribution < -0.4 is 0 Å². The Morgan fingerprint density at radius 3 is 2.47 bits per heavy atom. The fraction of sp³-hybridized carbons (Fsp3) is 0.538. The number of halogens is 1. The van der Waals surface area contributed by atoms with Crippen LogP contribution in [0, 0.1) is 0 Å². The molecule has 0 aromatic heterocycles. The molecule has 0 aliphatic heterocycles. The van der Waals surface area contributed by atoms with Crippen LogP contribution in [0.5, 0.6) is 0 Å². The highest BCUT2D eigenvalue weighted by Gasteiger charge is 1.92. The van der Waals surface area contributed by atoms with E-state index in [0.29, 0.717) is 6.42 Å². The highest BCUT2D eigenvalue weighted by Crippen LogP contribution is 2.01. The van der Waals surface area contributed by atoms with Gasteiger partial charge in [-0.05, 0) is 31.2 Å². The number of rotatable bonds is 8. The molecule has 0 spiro atoms. The van der Waals surface area contributed by atoms with Crippen molar-refractivity contribution in [3.8, 4) is 0 Å². The third-order valence-electron chi connectivity index (χ3n) is 2.30. The highest BCUT2D eigenvalue weighted by atomic mass is 19.1. The van der Waals surface area contributed by atoms with Gasteiger partial charge in [-0.1, -0.05) is 30.3 Å². The van der Waals surface area contributed by atoms with Crippen molar-refractivity contribution >= 4 is 0 Å². The van der Waals surface area contributed by atoms with Gasteiger partial charge < -0.3 is 4.74 Å². The van der Waals surface area contributed by atoms with Crippen LogP contribution in [0.1, 0.15) is 24.8 Å². The molecule has 0 aliphatic rings. The first-order valence-electron chi connectivity index (χ1n) is 5.61. The molecule has 0 bridgehead atoms. The van der Waals surface area contributed by atoms with Crippen LogP contribution >= 0.6 is 0 Å². The molecule has 0 aliphatic carbocycles. The van der Waals surface area contributed by atoms with Gasteiger partial charge in [-0.15, -0.1) is 0 Å². The minimum absolute atomic E-state index is 0.204. The van der Waals surface area contributed by atoms with Crippen molar-refractivity contribution in [3.05, 3.63) is 35.9 Å². The van der Waals surface area contributed by atoms with Gasteiger partial charge in [-0.3, -0.25) is 4.39 Å². The largest absolute Gasteiger partial charge is 0.381 e. The lowest BCUT2D eigenvalue weighted by Gasteiger charge is -2.03. The van der Waals surface area contributed by atoms with E-state index >= 15 is 0 Å². The van der Waals surface area contributed by atoms with Gasteiger partial charge in [0.15, 0.2) is 0 Å². The van der Waals surface area contributed by atoms with Gasteiger partial charge in [-0.2, -0.15) is 0 Å². The average molecular weight is 210 g/mol. The summed E-state index contributed by atoms with van der Waals surface area (Å²) in [6, 6.07) is 10.3. The second-order valence-electron chi connectivity index (χ2n) is 3.60. The van der Waals surface area contributed by atoms with Crippen molar-refractivity contribution in [1.82, 2.24) is 0 Å². The van der Waals surface area contributed by atoms with Gasteiger partial charge in [0.2, 0.25) is 0 Å². The molecule has 0 saturated heterocycles. The van der Waals surface area contributed by atoms with Gasteiger partial charge in [0.25, 0.3) is 0 Å². The molecule has 0 heterocycles. The maximum Gasteiger partial charge on any atom is 0.0894 e. The molecule has 1 nitrogen and oxygen atoms in total. The lowest BCUT2D eigenvalue weighted by atomic mass is 10.2. The van der Waals surface area contributed by atoms with Crippen LogP contribution in [-0.4, -0.2) is 19.9 Å². The molecule has 0 radical (unpaired) electrons. The fourth-order valence-corrected chi connectivity index (χ4v) is 1.41. The number of unbranched alkanes of at least 4 members (excludes halogenated alkanes) is 2. The van der Waals surface area contributed by atoms with Crippen molar-refractivity contribution in [3.63, 3.8) is 0 Å². The zero-order valence-corrected chi connectivity index (χ0v) is 9.12. The molecule has 2 heteroatoms. The molecule has 0 saturated carbocycles. The average Bonchev–Trinajstić information content (AvgIpc) is 2.29. The topological polar surface area (TPSA) is 9.23 Å². The molecular formula is C13H19FO. The minimum atomic E-state index is -0.204. The molecule has 84 valence electrons. The summed E-state index contributed by atoms with van der Waals surface area (Å²) in [4.78, 5) is 0. The lowest BCUT2D eigenvalue weighted by Crippen LogP contribution is -2.00. The predicted molar refractivity (Wildman–Crippen MR) is 60.8 cm³/mol. The van der Waals surface area contributed by atoms with E-state index in [1.165, 1.54) is 5.56 Å². The second-order valence-corrected chi connectivity index (χ2v) is 3.60. The fourth-order valence-electron chi connectivity index (χ4n) is 1.41. The summed E-state index contributed by atoms with van der Waals surface area (Å²) >= 11 is 0. The quantitative estimate of drug-likeness (QED) is 0.598. The molecule has 1 rings (SSSR count). The molecular weight excluding hydrogens is 191 g/mol. The Labute approximate surface area is 91.3 Å². The molecule has 0 fully saturated rings. The maximum absolute atomic E-state index is 11.7. The predicted octanol–water partition coefficient (Wildman–Crippen LogP) is 3.39. The number of alkyl halides is 1. The van der Waals surface area contributed by atoms with Crippen molar-refractivity contribution in [2.24, 2.45) is 0 Å². The van der Waals surface area contributed by atoms with Crippen molar-refractivity contribution in [2.75, 3.05) is 19.9 Å². The van der Waals surface area contributed by atoms with E-state index in [2.05, 4.69) is 12.1 Å². The number of hydrogen-bond acceptors (Lipinski definition) is 1. The molecule has 0 unspecified atom stereocenters. The van der Waals surface area contributed by atoms with E-state index in [4.69, 9.17) is 4.74 Å². The Hall–Kier alpha value is -0.890. The zero-order chi connectivity index (χ0) is 10.8. The maximum atomic E-state index is 11.7. The SMILES string of the molecule is FCCCCCOCCc1ccccc1. The molecule has 1 aromatic rings. The smallest absolute Gasteiger partial charge is 0.0894 e. The number of benzene rings is 1. The molecule has 0 atom stereocenters. The Morgan fingerprint density at radius 1 is 0.933 bits per heavy atom. The zero-order valence-electron chi connectivity index (χ0n) is 9.12.